The minimum atomic E-state index is 0.477. The Hall–Kier alpha value is -1.26. The molecule has 2 unspecified atom stereocenters. The summed E-state index contributed by atoms with van der Waals surface area (Å²) < 4.78 is 10.7. The number of nitrogens with zero attached hydrogens (tertiary/aromatic N) is 1. The summed E-state index contributed by atoms with van der Waals surface area (Å²) in [6, 6.07) is 6.50. The topological polar surface area (TPSA) is 47.7 Å². The molecule has 4 heteroatoms. The van der Waals surface area contributed by atoms with Gasteiger partial charge >= 0.3 is 0 Å². The number of hydrogen-bond donors (Lipinski definition) is 1. The van der Waals surface area contributed by atoms with Gasteiger partial charge in [0.2, 0.25) is 0 Å². The van der Waals surface area contributed by atoms with Crippen LogP contribution >= 0.6 is 0 Å². The van der Waals surface area contributed by atoms with Gasteiger partial charge in [-0.25, -0.2) is 0 Å². The summed E-state index contributed by atoms with van der Waals surface area (Å²) in [4.78, 5) is 2.48. The van der Waals surface area contributed by atoms with Gasteiger partial charge in [-0.05, 0) is 31.4 Å². The van der Waals surface area contributed by atoms with E-state index >= 15 is 0 Å². The van der Waals surface area contributed by atoms with E-state index in [0.717, 1.165) is 37.1 Å². The first kappa shape index (κ1) is 15.1. The average Bonchev–Trinajstić information content (AvgIpc) is 2.49. The Morgan fingerprint density at radius 3 is 2.75 bits per heavy atom. The number of nitrogens with two attached hydrogens (primary N) is 1. The monoisotopic (exact) mass is 278 g/mol. The highest BCUT2D eigenvalue weighted by molar-refractivity contribution is 5.40. The fourth-order valence-electron chi connectivity index (χ4n) is 2.95. The molecule has 0 saturated carbocycles. The molecule has 4 nitrogen and oxygen atoms in total. The van der Waals surface area contributed by atoms with E-state index in [2.05, 4.69) is 17.9 Å². The van der Waals surface area contributed by atoms with E-state index in [1.54, 1.807) is 14.2 Å². The second-order valence-electron chi connectivity index (χ2n) is 5.67. The lowest BCUT2D eigenvalue weighted by molar-refractivity contribution is 0.114. The fraction of sp³-hybridized carbons (Fsp3) is 0.625. The van der Waals surface area contributed by atoms with Gasteiger partial charge in [-0.1, -0.05) is 13.0 Å². The maximum Gasteiger partial charge on any atom is 0.127 e. The van der Waals surface area contributed by atoms with Crippen LogP contribution in [0.4, 0.5) is 0 Å². The minimum absolute atomic E-state index is 0.477. The van der Waals surface area contributed by atoms with Crippen LogP contribution in [0.2, 0.25) is 0 Å². The second kappa shape index (κ2) is 6.95. The lowest BCUT2D eigenvalue weighted by Gasteiger charge is -2.38. The van der Waals surface area contributed by atoms with E-state index in [1.807, 2.05) is 12.1 Å². The molecule has 0 spiro atoms. The van der Waals surface area contributed by atoms with Crippen LogP contribution in [-0.2, 0) is 6.54 Å². The molecule has 1 aliphatic heterocycles. The van der Waals surface area contributed by atoms with Gasteiger partial charge in [0.15, 0.2) is 0 Å². The Balaban J connectivity index is 2.12. The largest absolute Gasteiger partial charge is 0.497 e. The molecule has 112 valence electrons. The molecular formula is C16H26N2O2. The molecule has 0 radical (unpaired) electrons. The molecule has 1 aliphatic rings. The van der Waals surface area contributed by atoms with E-state index in [9.17, 15) is 0 Å². The summed E-state index contributed by atoms with van der Waals surface area (Å²) in [6.07, 6.45) is 2.43. The molecule has 1 fully saturated rings. The Kier molecular flexibility index (Phi) is 5.26. The van der Waals surface area contributed by atoms with Crippen molar-refractivity contribution in [1.29, 1.82) is 0 Å². The van der Waals surface area contributed by atoms with E-state index in [4.69, 9.17) is 15.2 Å². The molecule has 0 bridgehead atoms. The summed E-state index contributed by atoms with van der Waals surface area (Å²) in [5.74, 6) is 2.49. The average molecular weight is 278 g/mol. The zero-order valence-corrected chi connectivity index (χ0v) is 12.8. The zero-order valence-electron chi connectivity index (χ0n) is 12.8. The van der Waals surface area contributed by atoms with Crippen molar-refractivity contribution in [1.82, 2.24) is 4.90 Å². The molecule has 1 heterocycles. The van der Waals surface area contributed by atoms with E-state index < -0.39 is 0 Å². The maximum atomic E-state index is 5.93. The molecule has 1 saturated heterocycles. The first-order valence-electron chi connectivity index (χ1n) is 7.33. The van der Waals surface area contributed by atoms with E-state index in [1.165, 1.54) is 18.4 Å². The SMILES string of the molecule is COc1ccc(CN2CCC(C)CC2CN)c(OC)c1. The minimum Gasteiger partial charge on any atom is -0.497 e. The van der Waals surface area contributed by atoms with E-state index in [-0.39, 0.29) is 0 Å². The molecule has 0 amide bonds. The highest BCUT2D eigenvalue weighted by atomic mass is 16.5. The number of hydrogen-bond acceptors (Lipinski definition) is 4. The Bertz CT molecular complexity index is 436. The van der Waals surface area contributed by atoms with Crippen molar-refractivity contribution < 1.29 is 9.47 Å². The number of likely N-dealkylation sites (tertiary alicyclic amines) is 1. The molecule has 2 rings (SSSR count). The molecule has 1 aromatic carbocycles. The third kappa shape index (κ3) is 3.44. The molecular weight excluding hydrogens is 252 g/mol. The van der Waals surface area contributed by atoms with Gasteiger partial charge in [0.1, 0.15) is 11.5 Å². The summed E-state index contributed by atoms with van der Waals surface area (Å²) in [5.41, 5.74) is 7.13. The van der Waals surface area contributed by atoms with Gasteiger partial charge in [0.05, 0.1) is 14.2 Å². The third-order valence-electron chi connectivity index (χ3n) is 4.24. The normalized spacial score (nSPS) is 23.6. The number of piperidine rings is 1. The van der Waals surface area contributed by atoms with Crippen LogP contribution in [0.25, 0.3) is 0 Å². The number of methoxy groups -OCH3 is 2. The number of ether oxygens (including phenoxy) is 2. The van der Waals surface area contributed by atoms with Gasteiger partial charge in [0, 0.05) is 30.8 Å². The van der Waals surface area contributed by atoms with Crippen molar-refractivity contribution in [2.75, 3.05) is 27.3 Å². The highest BCUT2D eigenvalue weighted by Crippen LogP contribution is 2.29. The smallest absolute Gasteiger partial charge is 0.127 e. The summed E-state index contributed by atoms with van der Waals surface area (Å²) in [6.45, 7) is 5.04. The van der Waals surface area contributed by atoms with Gasteiger partial charge in [-0.3, -0.25) is 4.90 Å². The van der Waals surface area contributed by atoms with Crippen LogP contribution in [0.5, 0.6) is 11.5 Å². The van der Waals surface area contributed by atoms with Crippen molar-refractivity contribution in [3.63, 3.8) is 0 Å². The van der Waals surface area contributed by atoms with Crippen molar-refractivity contribution in [3.05, 3.63) is 23.8 Å². The van der Waals surface area contributed by atoms with Crippen molar-refractivity contribution in [2.45, 2.75) is 32.4 Å². The molecule has 2 atom stereocenters. The first-order valence-corrected chi connectivity index (χ1v) is 7.33. The second-order valence-corrected chi connectivity index (χ2v) is 5.67. The number of benzene rings is 1. The lowest BCUT2D eigenvalue weighted by atomic mass is 9.92. The lowest BCUT2D eigenvalue weighted by Crippen LogP contribution is -2.45. The maximum absolute atomic E-state index is 5.93. The van der Waals surface area contributed by atoms with Crippen LogP contribution in [0.1, 0.15) is 25.3 Å². The van der Waals surface area contributed by atoms with Gasteiger partial charge in [-0.2, -0.15) is 0 Å². The summed E-state index contributed by atoms with van der Waals surface area (Å²) >= 11 is 0. The Morgan fingerprint density at radius 2 is 2.10 bits per heavy atom. The Morgan fingerprint density at radius 1 is 1.30 bits per heavy atom. The Labute approximate surface area is 121 Å². The zero-order chi connectivity index (χ0) is 14.5. The third-order valence-corrected chi connectivity index (χ3v) is 4.24. The highest BCUT2D eigenvalue weighted by Gasteiger charge is 2.25. The summed E-state index contributed by atoms with van der Waals surface area (Å²) in [7, 11) is 3.38. The molecule has 2 N–H and O–H groups in total. The standard InChI is InChI=1S/C16H26N2O2/c1-12-6-7-18(14(8-12)10-17)11-13-4-5-15(19-2)9-16(13)20-3/h4-5,9,12,14H,6-8,10-11,17H2,1-3H3. The predicted molar refractivity (Wildman–Crippen MR) is 81.2 cm³/mol. The fourth-order valence-corrected chi connectivity index (χ4v) is 2.95. The number of rotatable bonds is 5. The van der Waals surface area contributed by atoms with Crippen LogP contribution in [0.15, 0.2) is 18.2 Å². The molecule has 0 aromatic heterocycles. The molecule has 0 aliphatic carbocycles. The van der Waals surface area contributed by atoms with Gasteiger partial charge < -0.3 is 15.2 Å². The first-order chi connectivity index (χ1) is 9.67. The van der Waals surface area contributed by atoms with Gasteiger partial charge in [-0.15, -0.1) is 0 Å². The van der Waals surface area contributed by atoms with E-state index in [0.29, 0.717) is 6.04 Å². The summed E-state index contributed by atoms with van der Waals surface area (Å²) in [5, 5.41) is 0. The predicted octanol–water partition coefficient (Wildman–Crippen LogP) is 2.26. The van der Waals surface area contributed by atoms with Crippen LogP contribution < -0.4 is 15.2 Å². The van der Waals surface area contributed by atoms with Crippen LogP contribution in [0, 0.1) is 5.92 Å². The molecule has 20 heavy (non-hydrogen) atoms. The molecule has 1 aromatic rings. The van der Waals surface area contributed by atoms with Crippen LogP contribution in [-0.4, -0.2) is 38.3 Å². The van der Waals surface area contributed by atoms with Crippen molar-refractivity contribution in [3.8, 4) is 11.5 Å². The van der Waals surface area contributed by atoms with Crippen molar-refractivity contribution in [2.24, 2.45) is 11.7 Å². The van der Waals surface area contributed by atoms with Crippen molar-refractivity contribution >= 4 is 0 Å². The van der Waals surface area contributed by atoms with Crippen LogP contribution in [0.3, 0.4) is 0 Å². The van der Waals surface area contributed by atoms with Gasteiger partial charge in [0.25, 0.3) is 0 Å². The quantitative estimate of drug-likeness (QED) is 0.897.